The fourth-order valence-electron chi connectivity index (χ4n) is 1.68. The molecule has 0 amide bonds. The molecule has 0 rings (SSSR count). The van der Waals surface area contributed by atoms with E-state index in [1.165, 1.54) is 0 Å². The molecule has 0 aliphatic heterocycles. The van der Waals surface area contributed by atoms with Crippen molar-refractivity contribution >= 4 is 10.5 Å². The van der Waals surface area contributed by atoms with Crippen molar-refractivity contribution in [1.82, 2.24) is 14.7 Å². The van der Waals surface area contributed by atoms with Gasteiger partial charge in [0.2, 0.25) is 10.5 Å². The lowest BCUT2D eigenvalue weighted by Crippen LogP contribution is -2.66. The summed E-state index contributed by atoms with van der Waals surface area (Å²) in [6.45, 7) is 0.566. The minimum absolute atomic E-state index is 0.220. The fourth-order valence-corrected chi connectivity index (χ4v) is 1.88. The fraction of sp³-hybridized carbons (Fsp3) is 1.00. The topological polar surface area (TPSA) is 19.0 Å². The van der Waals surface area contributed by atoms with Crippen LogP contribution < -0.4 is 0 Å². The lowest BCUT2D eigenvalue weighted by atomic mass is 10.2. The van der Waals surface area contributed by atoms with Crippen molar-refractivity contribution in [3.8, 4) is 0 Å². The normalized spacial score (nSPS) is 13.4. The zero-order valence-electron chi connectivity index (χ0n) is 9.46. The molecule has 0 aromatic carbocycles. The largest absolute Gasteiger partial charge is 0.414 e. The Morgan fingerprint density at radius 2 is 1.23 bits per heavy atom. The number of hydrogen-bond donors (Lipinski definition) is 0. The monoisotopic (exact) mass is 202 g/mol. The third-order valence-corrected chi connectivity index (χ3v) is 2.56. The van der Waals surface area contributed by atoms with Crippen molar-refractivity contribution in [3.05, 3.63) is 0 Å². The lowest BCUT2D eigenvalue weighted by molar-refractivity contribution is -0.131. The van der Waals surface area contributed by atoms with Crippen molar-refractivity contribution in [2.24, 2.45) is 0 Å². The molecule has 3 radical (unpaired) electrons. The molecule has 0 aliphatic rings. The Morgan fingerprint density at radius 3 is 1.31 bits per heavy atom. The number of nitrogens with zero attached hydrogens (tertiary/aromatic N) is 3. The van der Waals surface area contributed by atoms with Gasteiger partial charge in [0, 0.05) is 0 Å². The Hall–Kier alpha value is 0.0569. The van der Waals surface area contributed by atoms with Crippen LogP contribution in [0.2, 0.25) is 0 Å². The molecule has 0 bridgehead atoms. The highest BCUT2D eigenvalue weighted by atomic mass is 28.2. The van der Waals surface area contributed by atoms with Crippen molar-refractivity contribution < 1.29 is 4.43 Å². The summed E-state index contributed by atoms with van der Waals surface area (Å²) in [5.74, 6) is -0.220. The number of hydrogen-bond acceptors (Lipinski definition) is 4. The summed E-state index contributed by atoms with van der Waals surface area (Å²) < 4.78 is 5.07. The van der Waals surface area contributed by atoms with Gasteiger partial charge in [-0.05, 0) is 42.3 Å². The molecule has 0 N–H and O–H groups in total. The Labute approximate surface area is 85.0 Å². The molecular formula is C8H20N3OSi. The second kappa shape index (κ2) is 5.07. The van der Waals surface area contributed by atoms with Gasteiger partial charge >= 0.3 is 0 Å². The van der Waals surface area contributed by atoms with Crippen molar-refractivity contribution in [2.45, 2.75) is 5.79 Å². The molecular weight excluding hydrogens is 182 g/mol. The van der Waals surface area contributed by atoms with Crippen LogP contribution in [0.15, 0.2) is 0 Å². The van der Waals surface area contributed by atoms with E-state index in [1.54, 1.807) is 0 Å². The lowest BCUT2D eigenvalue weighted by Gasteiger charge is -2.49. The van der Waals surface area contributed by atoms with E-state index in [0.29, 0.717) is 6.61 Å². The third kappa shape index (κ3) is 2.51. The Balaban J connectivity index is 4.82. The van der Waals surface area contributed by atoms with E-state index < -0.39 is 0 Å². The maximum Gasteiger partial charge on any atom is 0.246 e. The maximum atomic E-state index is 5.07. The van der Waals surface area contributed by atoms with Gasteiger partial charge in [-0.1, -0.05) is 0 Å². The van der Waals surface area contributed by atoms with Crippen LogP contribution in [-0.2, 0) is 4.43 Å². The van der Waals surface area contributed by atoms with Crippen LogP contribution in [0.1, 0.15) is 0 Å². The summed E-state index contributed by atoms with van der Waals surface area (Å²) in [4.78, 5) is 6.35. The molecule has 0 fully saturated rings. The highest BCUT2D eigenvalue weighted by Gasteiger charge is 2.37. The van der Waals surface area contributed by atoms with Crippen LogP contribution in [0, 0.1) is 0 Å². The van der Waals surface area contributed by atoms with Gasteiger partial charge in [-0.25, -0.2) is 0 Å². The smallest absolute Gasteiger partial charge is 0.246 e. The Kier molecular flexibility index (Phi) is 5.09. The van der Waals surface area contributed by atoms with Gasteiger partial charge in [-0.3, -0.25) is 14.7 Å². The van der Waals surface area contributed by atoms with Gasteiger partial charge in [0.25, 0.3) is 0 Å². The standard InChI is InChI=1S/C8H20N3OSi/c1-9(2)8(7-12-13,10(3)4)11(5)6/h7H2,1-6H3. The van der Waals surface area contributed by atoms with Crippen molar-refractivity contribution in [2.75, 3.05) is 48.9 Å². The highest BCUT2D eigenvalue weighted by Crippen LogP contribution is 2.17. The number of likely N-dealkylation sites (N-methyl/N-ethyl adjacent to an activating group) is 3. The molecule has 0 aromatic rings. The average molecular weight is 202 g/mol. The first-order chi connectivity index (χ1) is 5.89. The third-order valence-electron chi connectivity index (χ3n) is 2.41. The first-order valence-corrected chi connectivity index (χ1v) is 4.61. The van der Waals surface area contributed by atoms with Crippen LogP contribution in [0.5, 0.6) is 0 Å². The molecule has 13 heavy (non-hydrogen) atoms. The van der Waals surface area contributed by atoms with Gasteiger partial charge in [-0.15, -0.1) is 0 Å². The molecule has 0 aromatic heterocycles. The molecule has 0 saturated carbocycles. The average Bonchev–Trinajstić information content (AvgIpc) is 1.97. The van der Waals surface area contributed by atoms with E-state index in [9.17, 15) is 0 Å². The van der Waals surface area contributed by atoms with Crippen molar-refractivity contribution in [3.63, 3.8) is 0 Å². The van der Waals surface area contributed by atoms with E-state index in [-0.39, 0.29) is 5.79 Å². The summed E-state index contributed by atoms with van der Waals surface area (Å²) in [7, 11) is 15.3. The SMILES string of the molecule is CN(C)C(CO[Si])(N(C)C)N(C)C. The molecule has 0 atom stereocenters. The molecule has 0 heterocycles. The van der Waals surface area contributed by atoms with Gasteiger partial charge in [-0.2, -0.15) is 0 Å². The number of rotatable bonds is 5. The maximum absolute atomic E-state index is 5.07. The first-order valence-electron chi connectivity index (χ1n) is 4.20. The summed E-state index contributed by atoms with van der Waals surface area (Å²) in [5.41, 5.74) is 0. The summed E-state index contributed by atoms with van der Waals surface area (Å²) in [5, 5.41) is 0. The molecule has 77 valence electrons. The minimum Gasteiger partial charge on any atom is -0.414 e. The summed E-state index contributed by atoms with van der Waals surface area (Å²) in [6.07, 6.45) is 0. The van der Waals surface area contributed by atoms with Crippen molar-refractivity contribution in [1.29, 1.82) is 0 Å². The Bertz CT molecular complexity index is 129. The quantitative estimate of drug-likeness (QED) is 0.439. The molecule has 4 nitrogen and oxygen atoms in total. The van der Waals surface area contributed by atoms with E-state index in [2.05, 4.69) is 25.2 Å². The summed E-state index contributed by atoms with van der Waals surface area (Å²) >= 11 is 0. The predicted octanol–water partition coefficient (Wildman–Crippen LogP) is -0.575. The van der Waals surface area contributed by atoms with Gasteiger partial charge < -0.3 is 4.43 Å². The summed E-state index contributed by atoms with van der Waals surface area (Å²) in [6, 6.07) is 0. The van der Waals surface area contributed by atoms with Gasteiger partial charge in [0.1, 0.15) is 0 Å². The Morgan fingerprint density at radius 1 is 0.923 bits per heavy atom. The van der Waals surface area contributed by atoms with Gasteiger partial charge in [0.05, 0.1) is 6.61 Å². The van der Waals surface area contributed by atoms with E-state index in [4.69, 9.17) is 4.43 Å². The van der Waals surface area contributed by atoms with Crippen LogP contribution in [-0.4, -0.2) is 79.9 Å². The first kappa shape index (κ1) is 13.1. The second-order valence-corrected chi connectivity index (χ2v) is 4.03. The van der Waals surface area contributed by atoms with Gasteiger partial charge in [0.15, 0.2) is 5.79 Å². The zero-order chi connectivity index (χ0) is 10.6. The predicted molar refractivity (Wildman–Crippen MR) is 55.5 cm³/mol. The molecule has 0 saturated heterocycles. The van der Waals surface area contributed by atoms with E-state index in [0.717, 1.165) is 0 Å². The van der Waals surface area contributed by atoms with Crippen LogP contribution in [0.4, 0.5) is 0 Å². The molecule has 0 spiro atoms. The highest BCUT2D eigenvalue weighted by molar-refractivity contribution is 5.97. The zero-order valence-corrected chi connectivity index (χ0v) is 10.5. The second-order valence-electron chi connectivity index (χ2n) is 3.75. The van der Waals surface area contributed by atoms with E-state index in [1.807, 2.05) is 42.3 Å². The van der Waals surface area contributed by atoms with Crippen LogP contribution in [0.25, 0.3) is 0 Å². The minimum atomic E-state index is -0.220. The molecule has 0 aliphatic carbocycles. The molecule has 0 unspecified atom stereocenters. The van der Waals surface area contributed by atoms with Crippen LogP contribution in [0.3, 0.4) is 0 Å². The molecule has 5 heteroatoms. The van der Waals surface area contributed by atoms with Crippen LogP contribution >= 0.6 is 0 Å². The van der Waals surface area contributed by atoms with E-state index >= 15 is 0 Å².